The fraction of sp³-hybridized carbons (Fsp3) is 0.167. The summed E-state index contributed by atoms with van der Waals surface area (Å²) in [5.41, 5.74) is 2.96. The summed E-state index contributed by atoms with van der Waals surface area (Å²) in [6, 6.07) is 8.77. The molecule has 1 aromatic heterocycles. The van der Waals surface area contributed by atoms with Crippen LogP contribution in [0.4, 0.5) is 0 Å². The molecule has 0 saturated carbocycles. The number of benzene rings is 1. The van der Waals surface area contributed by atoms with Crippen molar-refractivity contribution in [3.8, 4) is 0 Å². The Kier molecular flexibility index (Phi) is 2.06. The molecule has 2 aromatic rings. The maximum absolute atomic E-state index is 3.35. The van der Waals surface area contributed by atoms with Gasteiger partial charge in [-0.05, 0) is 0 Å². The van der Waals surface area contributed by atoms with Crippen molar-refractivity contribution in [2.75, 3.05) is 13.1 Å². The average Bonchev–Trinajstić information content (AvgIpc) is 2.85. The summed E-state index contributed by atoms with van der Waals surface area (Å²) in [5.74, 6) is 0. The van der Waals surface area contributed by atoms with E-state index in [1.54, 1.807) is 0 Å². The van der Waals surface area contributed by atoms with Gasteiger partial charge in [0.25, 0.3) is 0 Å². The molecule has 0 spiro atoms. The third-order valence-corrected chi connectivity index (χ3v) is 4.66. The molecule has 0 amide bonds. The Morgan fingerprint density at radius 2 is 2.14 bits per heavy atom. The van der Waals surface area contributed by atoms with Crippen LogP contribution in [-0.2, 0) is 0 Å². The molecule has 1 aliphatic rings. The van der Waals surface area contributed by atoms with Gasteiger partial charge in [0.2, 0.25) is 0 Å². The first-order valence-electron chi connectivity index (χ1n) is 4.81. The molecule has 0 radical (unpaired) electrons. The minimum atomic E-state index is 0.551. The average molecular weight is 248 g/mol. The van der Waals surface area contributed by atoms with Crippen molar-refractivity contribution in [2.45, 2.75) is 0 Å². The van der Waals surface area contributed by atoms with Gasteiger partial charge in [0.1, 0.15) is 0 Å². The Balaban J connectivity index is 2.21. The van der Waals surface area contributed by atoms with Gasteiger partial charge in [-0.15, -0.1) is 0 Å². The van der Waals surface area contributed by atoms with E-state index in [9.17, 15) is 0 Å². The Bertz CT molecular complexity index is 496. The molecule has 1 aromatic carbocycles. The summed E-state index contributed by atoms with van der Waals surface area (Å²) in [4.78, 5) is 2.41. The number of nitrogens with one attached hydrogen (secondary N) is 1. The molecule has 0 aliphatic carbocycles. The second-order valence-corrected chi connectivity index (χ2v) is 5.42. The second kappa shape index (κ2) is 3.39. The molecule has 14 heavy (non-hydrogen) atoms. The summed E-state index contributed by atoms with van der Waals surface area (Å²) in [6.07, 6.45) is 2.31. The van der Waals surface area contributed by atoms with Gasteiger partial charge in [-0.3, -0.25) is 0 Å². The molecule has 70 valence electrons. The minimum absolute atomic E-state index is 0.551. The Morgan fingerprint density at radius 1 is 1.21 bits per heavy atom. The van der Waals surface area contributed by atoms with Gasteiger partial charge in [-0.1, -0.05) is 0 Å². The summed E-state index contributed by atoms with van der Waals surface area (Å²) < 4.78 is 1.53. The van der Waals surface area contributed by atoms with Crippen LogP contribution in [0.3, 0.4) is 0 Å². The third kappa shape index (κ3) is 1.27. The first kappa shape index (κ1) is 8.48. The van der Waals surface area contributed by atoms with Crippen LogP contribution in [0.2, 0.25) is 0 Å². The van der Waals surface area contributed by atoms with Crippen LogP contribution in [0.15, 0.2) is 35.3 Å². The zero-order valence-electron chi connectivity index (χ0n) is 7.79. The summed E-state index contributed by atoms with van der Waals surface area (Å²) in [6.45, 7) is 2.07. The van der Waals surface area contributed by atoms with Gasteiger partial charge in [0, 0.05) is 0 Å². The SMILES string of the molecule is C1=C(c2c[se]c3ccccc23)CNC1. The van der Waals surface area contributed by atoms with Crippen molar-refractivity contribution in [3.05, 3.63) is 40.8 Å². The number of fused-ring (bicyclic) bond motifs is 1. The molecule has 1 nitrogen and oxygen atoms in total. The number of rotatable bonds is 1. The van der Waals surface area contributed by atoms with E-state index in [0.717, 1.165) is 13.1 Å². The van der Waals surface area contributed by atoms with E-state index in [0.29, 0.717) is 14.5 Å². The topological polar surface area (TPSA) is 12.0 Å². The molecular weight excluding hydrogens is 237 g/mol. The molecule has 0 unspecified atom stereocenters. The van der Waals surface area contributed by atoms with Gasteiger partial charge in [-0.2, -0.15) is 0 Å². The molecule has 2 heteroatoms. The summed E-state index contributed by atoms with van der Waals surface area (Å²) in [5, 5.41) is 4.81. The van der Waals surface area contributed by atoms with Crippen LogP contribution in [0.1, 0.15) is 5.56 Å². The summed E-state index contributed by atoms with van der Waals surface area (Å²) >= 11 is 0.551. The number of hydrogen-bond acceptors (Lipinski definition) is 1. The summed E-state index contributed by atoms with van der Waals surface area (Å²) in [7, 11) is 0. The Hall–Kier alpha value is -0.821. The normalized spacial score (nSPS) is 16.1. The maximum atomic E-state index is 3.35. The monoisotopic (exact) mass is 249 g/mol. The van der Waals surface area contributed by atoms with E-state index in [1.165, 1.54) is 20.8 Å². The van der Waals surface area contributed by atoms with Crippen molar-refractivity contribution in [1.29, 1.82) is 0 Å². The van der Waals surface area contributed by atoms with Crippen molar-refractivity contribution < 1.29 is 0 Å². The van der Waals surface area contributed by atoms with Crippen molar-refractivity contribution in [1.82, 2.24) is 5.32 Å². The van der Waals surface area contributed by atoms with E-state index >= 15 is 0 Å². The van der Waals surface area contributed by atoms with Gasteiger partial charge >= 0.3 is 89.0 Å². The fourth-order valence-electron chi connectivity index (χ4n) is 1.91. The molecule has 0 bridgehead atoms. The van der Waals surface area contributed by atoms with Crippen molar-refractivity contribution >= 4 is 29.7 Å². The first-order valence-corrected chi connectivity index (χ1v) is 6.66. The van der Waals surface area contributed by atoms with Crippen LogP contribution in [-0.4, -0.2) is 27.6 Å². The molecule has 2 heterocycles. The van der Waals surface area contributed by atoms with Crippen LogP contribution >= 0.6 is 0 Å². The standard InChI is InChI=1S/C12H11NSe/c1-2-4-12-10(3-1)11(8-14-12)9-5-6-13-7-9/h1-5,8,13H,6-7H2. The van der Waals surface area contributed by atoms with E-state index in [4.69, 9.17) is 0 Å². The van der Waals surface area contributed by atoms with Gasteiger partial charge < -0.3 is 0 Å². The van der Waals surface area contributed by atoms with Gasteiger partial charge in [0.15, 0.2) is 0 Å². The van der Waals surface area contributed by atoms with Crippen LogP contribution in [0, 0.1) is 0 Å². The van der Waals surface area contributed by atoms with E-state index in [1.807, 2.05) is 0 Å². The molecule has 0 atom stereocenters. The van der Waals surface area contributed by atoms with E-state index < -0.39 is 0 Å². The molecular formula is C12H11NSe. The van der Waals surface area contributed by atoms with Gasteiger partial charge in [-0.25, -0.2) is 0 Å². The molecule has 1 N–H and O–H groups in total. The second-order valence-electron chi connectivity index (χ2n) is 3.51. The Morgan fingerprint density at radius 3 is 3.00 bits per heavy atom. The van der Waals surface area contributed by atoms with Crippen molar-refractivity contribution in [2.24, 2.45) is 0 Å². The van der Waals surface area contributed by atoms with E-state index in [-0.39, 0.29) is 0 Å². The molecule has 1 aliphatic heterocycles. The first-order chi connectivity index (χ1) is 6.95. The third-order valence-electron chi connectivity index (χ3n) is 2.64. The number of hydrogen-bond donors (Lipinski definition) is 1. The van der Waals surface area contributed by atoms with E-state index in [2.05, 4.69) is 40.6 Å². The van der Waals surface area contributed by atoms with Gasteiger partial charge in [0.05, 0.1) is 0 Å². The zero-order valence-corrected chi connectivity index (χ0v) is 9.50. The predicted molar refractivity (Wildman–Crippen MR) is 61.7 cm³/mol. The van der Waals surface area contributed by atoms with Crippen LogP contribution < -0.4 is 5.32 Å². The molecule has 3 rings (SSSR count). The molecule has 0 fully saturated rings. The molecule has 0 saturated heterocycles. The Labute approximate surface area is 89.2 Å². The predicted octanol–water partition coefficient (Wildman–Crippen LogP) is 1.88. The van der Waals surface area contributed by atoms with Crippen LogP contribution in [0.5, 0.6) is 0 Å². The van der Waals surface area contributed by atoms with Crippen LogP contribution in [0.25, 0.3) is 15.2 Å². The zero-order chi connectivity index (χ0) is 9.38. The van der Waals surface area contributed by atoms with Crippen molar-refractivity contribution in [3.63, 3.8) is 0 Å². The quantitative estimate of drug-likeness (QED) is 0.760. The fourth-order valence-corrected chi connectivity index (χ4v) is 3.97.